The van der Waals surface area contributed by atoms with E-state index in [2.05, 4.69) is 0 Å². The first-order chi connectivity index (χ1) is 8.81. The van der Waals surface area contributed by atoms with Gasteiger partial charge in [-0.2, -0.15) is 0 Å². The fraction of sp³-hybridized carbons (Fsp3) is 0.533. The number of rotatable bonds is 1. The third-order valence-electron chi connectivity index (χ3n) is 3.64. The first-order valence-electron chi connectivity index (χ1n) is 6.59. The molecule has 0 unspecified atom stereocenters. The molecule has 0 spiro atoms. The van der Waals surface area contributed by atoms with Crippen molar-refractivity contribution in [1.82, 2.24) is 0 Å². The summed E-state index contributed by atoms with van der Waals surface area (Å²) in [6.45, 7) is 5.60. The van der Waals surface area contributed by atoms with Crippen LogP contribution in [-0.2, 0) is 26.4 Å². The van der Waals surface area contributed by atoms with E-state index in [9.17, 15) is 4.79 Å². The van der Waals surface area contributed by atoms with Gasteiger partial charge in [0, 0.05) is 5.56 Å². The summed E-state index contributed by atoms with van der Waals surface area (Å²) in [5.41, 5.74) is 7.02. The van der Waals surface area contributed by atoms with Gasteiger partial charge in [0.15, 0.2) is 5.72 Å². The van der Waals surface area contributed by atoms with E-state index in [1.807, 2.05) is 45.0 Å². The van der Waals surface area contributed by atoms with E-state index in [0.717, 1.165) is 11.1 Å². The maximum absolute atomic E-state index is 12.2. The second kappa shape index (κ2) is 3.81. The average Bonchev–Trinajstić information content (AvgIpc) is 2.99. The van der Waals surface area contributed by atoms with E-state index in [-0.39, 0.29) is 18.0 Å². The van der Waals surface area contributed by atoms with Crippen LogP contribution in [0.4, 0.5) is 0 Å². The molecule has 1 aromatic carbocycles. The van der Waals surface area contributed by atoms with Crippen LogP contribution < -0.4 is 5.73 Å². The molecule has 1 aliphatic carbocycles. The van der Waals surface area contributed by atoms with Crippen LogP contribution in [0.5, 0.6) is 0 Å². The summed E-state index contributed by atoms with van der Waals surface area (Å²) >= 11 is 0. The number of ether oxygens (including phenoxy) is 2. The van der Waals surface area contributed by atoms with E-state index < -0.39 is 11.3 Å². The van der Waals surface area contributed by atoms with Crippen molar-refractivity contribution in [3.8, 4) is 0 Å². The van der Waals surface area contributed by atoms with Gasteiger partial charge >= 0.3 is 5.97 Å². The molecule has 2 aliphatic rings. The zero-order valence-electron chi connectivity index (χ0n) is 11.5. The SMILES string of the molecule is CC(C)(C)OC(=O)[C@@H]1Cc2ccccc2[C@]2(N)O[C@H]12. The molecule has 1 fully saturated rings. The van der Waals surface area contributed by atoms with Gasteiger partial charge in [0.05, 0.1) is 5.92 Å². The van der Waals surface area contributed by atoms with Crippen molar-refractivity contribution in [3.05, 3.63) is 35.4 Å². The molecule has 1 heterocycles. The highest BCUT2D eigenvalue weighted by atomic mass is 16.6. The molecule has 0 amide bonds. The van der Waals surface area contributed by atoms with Crippen molar-refractivity contribution in [2.24, 2.45) is 11.7 Å². The quantitative estimate of drug-likeness (QED) is 0.617. The normalized spacial score (nSPS) is 32.2. The standard InChI is InChI=1S/C15H19NO3/c1-14(2,3)19-13(17)10-8-9-6-4-5-7-11(9)15(16)12(10)18-15/h4-7,10,12H,8,16H2,1-3H3/t10-,12-,15+/m1/s1. The lowest BCUT2D eigenvalue weighted by atomic mass is 9.81. The monoisotopic (exact) mass is 261 g/mol. The molecule has 3 atom stereocenters. The largest absolute Gasteiger partial charge is 0.460 e. The molecule has 0 radical (unpaired) electrons. The molecule has 4 heteroatoms. The van der Waals surface area contributed by atoms with Crippen molar-refractivity contribution in [3.63, 3.8) is 0 Å². The number of hydrogen-bond donors (Lipinski definition) is 1. The van der Waals surface area contributed by atoms with E-state index in [0.29, 0.717) is 6.42 Å². The highest BCUT2D eigenvalue weighted by molar-refractivity contribution is 5.76. The van der Waals surface area contributed by atoms with Gasteiger partial charge in [-0.3, -0.25) is 10.5 Å². The first kappa shape index (κ1) is 12.6. The topological polar surface area (TPSA) is 64.8 Å². The lowest BCUT2D eigenvalue weighted by molar-refractivity contribution is -0.160. The average molecular weight is 261 g/mol. The van der Waals surface area contributed by atoms with Gasteiger partial charge in [-0.05, 0) is 32.8 Å². The Labute approximate surface area is 112 Å². The van der Waals surface area contributed by atoms with Crippen LogP contribution in [0, 0.1) is 5.92 Å². The maximum atomic E-state index is 12.2. The number of esters is 1. The molecule has 1 saturated heterocycles. The number of epoxide rings is 1. The fourth-order valence-electron chi connectivity index (χ4n) is 2.78. The lowest BCUT2D eigenvalue weighted by Gasteiger charge is -2.27. The highest BCUT2D eigenvalue weighted by Gasteiger charge is 2.64. The molecule has 0 saturated carbocycles. The predicted molar refractivity (Wildman–Crippen MR) is 70.2 cm³/mol. The first-order valence-corrected chi connectivity index (χ1v) is 6.59. The van der Waals surface area contributed by atoms with Crippen LogP contribution in [0.15, 0.2) is 24.3 Å². The number of fused-ring (bicyclic) bond motifs is 3. The van der Waals surface area contributed by atoms with E-state index in [1.54, 1.807) is 0 Å². The summed E-state index contributed by atoms with van der Waals surface area (Å²) in [7, 11) is 0. The zero-order valence-corrected chi connectivity index (χ0v) is 11.5. The number of carbonyl (C=O) groups excluding carboxylic acids is 1. The van der Waals surface area contributed by atoms with Gasteiger partial charge in [0.2, 0.25) is 0 Å². The molecule has 4 nitrogen and oxygen atoms in total. The Balaban J connectivity index is 1.87. The third kappa shape index (κ3) is 2.05. The van der Waals surface area contributed by atoms with Crippen molar-refractivity contribution in [1.29, 1.82) is 0 Å². The Kier molecular flexibility index (Phi) is 2.53. The molecule has 1 aliphatic heterocycles. The Bertz CT molecular complexity index is 534. The van der Waals surface area contributed by atoms with E-state index in [1.165, 1.54) is 0 Å². The maximum Gasteiger partial charge on any atom is 0.312 e. The van der Waals surface area contributed by atoms with Crippen LogP contribution >= 0.6 is 0 Å². The molecule has 102 valence electrons. The molecule has 1 aromatic rings. The number of hydrogen-bond acceptors (Lipinski definition) is 4. The summed E-state index contributed by atoms with van der Waals surface area (Å²) in [6, 6.07) is 7.87. The molecule has 2 N–H and O–H groups in total. The Hall–Kier alpha value is -1.39. The Morgan fingerprint density at radius 1 is 1.42 bits per heavy atom. The second-order valence-electron chi connectivity index (χ2n) is 6.33. The minimum Gasteiger partial charge on any atom is -0.460 e. The molecular formula is C15H19NO3. The van der Waals surface area contributed by atoms with Crippen molar-refractivity contribution in [2.75, 3.05) is 0 Å². The summed E-state index contributed by atoms with van der Waals surface area (Å²) in [5.74, 6) is -0.529. The van der Waals surface area contributed by atoms with Crippen molar-refractivity contribution >= 4 is 5.97 Å². The van der Waals surface area contributed by atoms with Crippen LogP contribution in [0.1, 0.15) is 31.9 Å². The van der Waals surface area contributed by atoms with E-state index >= 15 is 0 Å². The zero-order chi connectivity index (χ0) is 13.8. The third-order valence-corrected chi connectivity index (χ3v) is 3.64. The van der Waals surface area contributed by atoms with Gasteiger partial charge in [-0.15, -0.1) is 0 Å². The number of carbonyl (C=O) groups is 1. The van der Waals surface area contributed by atoms with Crippen LogP contribution in [0.3, 0.4) is 0 Å². The van der Waals surface area contributed by atoms with Gasteiger partial charge in [-0.1, -0.05) is 24.3 Å². The predicted octanol–water partition coefficient (Wildman–Crippen LogP) is 1.71. The summed E-state index contributed by atoms with van der Waals surface area (Å²) in [6.07, 6.45) is 0.381. The molecule has 0 bridgehead atoms. The van der Waals surface area contributed by atoms with E-state index in [4.69, 9.17) is 15.2 Å². The fourth-order valence-corrected chi connectivity index (χ4v) is 2.78. The van der Waals surface area contributed by atoms with Crippen LogP contribution in [0.2, 0.25) is 0 Å². The second-order valence-corrected chi connectivity index (χ2v) is 6.33. The Morgan fingerprint density at radius 2 is 2.11 bits per heavy atom. The van der Waals surface area contributed by atoms with Gasteiger partial charge in [0.25, 0.3) is 0 Å². The summed E-state index contributed by atoms with van der Waals surface area (Å²) < 4.78 is 11.1. The molecule has 0 aromatic heterocycles. The Morgan fingerprint density at radius 3 is 2.79 bits per heavy atom. The summed E-state index contributed by atoms with van der Waals surface area (Å²) in [5, 5.41) is 0. The van der Waals surface area contributed by atoms with Gasteiger partial charge in [-0.25, -0.2) is 0 Å². The number of nitrogens with two attached hydrogens (primary N) is 1. The highest BCUT2D eigenvalue weighted by Crippen LogP contribution is 2.51. The van der Waals surface area contributed by atoms with Crippen LogP contribution in [-0.4, -0.2) is 17.7 Å². The number of benzene rings is 1. The summed E-state index contributed by atoms with van der Waals surface area (Å²) in [4.78, 5) is 12.2. The molecule has 19 heavy (non-hydrogen) atoms. The minimum absolute atomic E-state index is 0.223. The molecule has 3 rings (SSSR count). The van der Waals surface area contributed by atoms with Crippen LogP contribution in [0.25, 0.3) is 0 Å². The smallest absolute Gasteiger partial charge is 0.312 e. The lowest BCUT2D eigenvalue weighted by Crippen LogP contribution is -2.40. The minimum atomic E-state index is -0.795. The molecular weight excluding hydrogens is 242 g/mol. The van der Waals surface area contributed by atoms with Crippen molar-refractivity contribution < 1.29 is 14.3 Å². The van der Waals surface area contributed by atoms with Crippen molar-refractivity contribution in [2.45, 2.75) is 44.6 Å². The van der Waals surface area contributed by atoms with Gasteiger partial charge < -0.3 is 9.47 Å². The van der Waals surface area contributed by atoms with Gasteiger partial charge in [0.1, 0.15) is 11.7 Å².